The Morgan fingerprint density at radius 2 is 2.18 bits per heavy atom. The van der Waals surface area contributed by atoms with Crippen LogP contribution in [0.2, 0.25) is 0 Å². The number of rotatable bonds is 4. The van der Waals surface area contributed by atoms with Gasteiger partial charge in [-0.15, -0.1) is 0 Å². The number of pyridine rings is 1. The van der Waals surface area contributed by atoms with Crippen LogP contribution >= 0.6 is 0 Å². The first-order valence-electron chi connectivity index (χ1n) is 8.00. The van der Waals surface area contributed by atoms with E-state index in [1.807, 2.05) is 33.8 Å². The SMILES string of the molecule is Cc1ncccc1NC1CCCC1CNC(=O)OC(C)(C)C. The van der Waals surface area contributed by atoms with E-state index in [0.717, 1.165) is 24.2 Å². The van der Waals surface area contributed by atoms with Crippen LogP contribution in [0, 0.1) is 12.8 Å². The minimum atomic E-state index is -0.454. The summed E-state index contributed by atoms with van der Waals surface area (Å²) in [6.07, 6.45) is 4.88. The third kappa shape index (κ3) is 4.90. The Morgan fingerprint density at radius 3 is 2.86 bits per heavy atom. The van der Waals surface area contributed by atoms with E-state index >= 15 is 0 Å². The summed E-state index contributed by atoms with van der Waals surface area (Å²) in [7, 11) is 0. The summed E-state index contributed by atoms with van der Waals surface area (Å²) in [5, 5.41) is 6.47. The molecule has 1 heterocycles. The summed E-state index contributed by atoms with van der Waals surface area (Å²) in [6, 6.07) is 4.37. The van der Waals surface area contributed by atoms with E-state index in [-0.39, 0.29) is 6.09 Å². The van der Waals surface area contributed by atoms with E-state index < -0.39 is 5.60 Å². The van der Waals surface area contributed by atoms with E-state index in [9.17, 15) is 4.79 Å². The van der Waals surface area contributed by atoms with E-state index in [2.05, 4.69) is 21.7 Å². The van der Waals surface area contributed by atoms with Crippen molar-refractivity contribution in [2.75, 3.05) is 11.9 Å². The first kappa shape index (κ1) is 16.6. The number of amides is 1. The number of aryl methyl sites for hydroxylation is 1. The summed E-state index contributed by atoms with van der Waals surface area (Å²) < 4.78 is 5.29. The number of carbonyl (C=O) groups is 1. The van der Waals surface area contributed by atoms with E-state index in [1.54, 1.807) is 6.20 Å². The second-order valence-electron chi connectivity index (χ2n) is 6.96. The number of nitrogens with one attached hydrogen (secondary N) is 2. The fraction of sp³-hybridized carbons (Fsp3) is 0.647. The Morgan fingerprint density at radius 1 is 1.41 bits per heavy atom. The van der Waals surface area contributed by atoms with Crippen LogP contribution in [0.1, 0.15) is 45.7 Å². The molecule has 22 heavy (non-hydrogen) atoms. The molecule has 0 aromatic carbocycles. The molecule has 2 atom stereocenters. The summed E-state index contributed by atoms with van der Waals surface area (Å²) in [6.45, 7) is 8.27. The number of carbonyl (C=O) groups excluding carboxylic acids is 1. The predicted molar refractivity (Wildman–Crippen MR) is 88.0 cm³/mol. The van der Waals surface area contributed by atoms with Gasteiger partial charge in [-0.25, -0.2) is 4.79 Å². The van der Waals surface area contributed by atoms with Gasteiger partial charge in [0.25, 0.3) is 0 Å². The largest absolute Gasteiger partial charge is 0.444 e. The number of hydrogen-bond acceptors (Lipinski definition) is 4. The quantitative estimate of drug-likeness (QED) is 0.893. The van der Waals surface area contributed by atoms with Crippen LogP contribution in [0.4, 0.5) is 10.5 Å². The zero-order chi connectivity index (χ0) is 16.2. The lowest BCUT2D eigenvalue weighted by atomic mass is 10.0. The molecule has 1 aromatic rings. The van der Waals surface area contributed by atoms with Crippen LogP contribution in [0.5, 0.6) is 0 Å². The van der Waals surface area contributed by atoms with Gasteiger partial charge in [0, 0.05) is 18.8 Å². The molecule has 5 heteroatoms. The monoisotopic (exact) mass is 305 g/mol. The number of ether oxygens (including phenoxy) is 1. The van der Waals surface area contributed by atoms with Gasteiger partial charge in [0.15, 0.2) is 0 Å². The highest BCUT2D eigenvalue weighted by Gasteiger charge is 2.28. The van der Waals surface area contributed by atoms with Crippen molar-refractivity contribution in [3.63, 3.8) is 0 Å². The molecule has 122 valence electrons. The standard InChI is InChI=1S/C17H27N3O2/c1-12-14(9-6-10-18-12)20-15-8-5-7-13(15)11-19-16(21)22-17(2,3)4/h6,9-10,13,15,20H,5,7-8,11H2,1-4H3,(H,19,21). The summed E-state index contributed by atoms with van der Waals surface area (Å²) in [4.78, 5) is 16.1. The van der Waals surface area contributed by atoms with Gasteiger partial charge in [-0.05, 0) is 58.6 Å². The van der Waals surface area contributed by atoms with Gasteiger partial charge in [0.1, 0.15) is 5.60 Å². The third-order valence-electron chi connectivity index (χ3n) is 3.91. The van der Waals surface area contributed by atoms with Crippen LogP contribution in [0.3, 0.4) is 0 Å². The molecule has 1 aromatic heterocycles. The van der Waals surface area contributed by atoms with E-state index in [1.165, 1.54) is 6.42 Å². The normalized spacial score (nSPS) is 21.5. The molecule has 1 saturated carbocycles. The highest BCUT2D eigenvalue weighted by atomic mass is 16.6. The molecule has 0 aliphatic heterocycles. The minimum absolute atomic E-state index is 0.337. The first-order chi connectivity index (χ1) is 10.3. The predicted octanol–water partition coefficient (Wildman–Crippen LogP) is 3.50. The average molecular weight is 305 g/mol. The Kier molecular flexibility index (Phi) is 5.27. The number of nitrogens with zero attached hydrogens (tertiary/aromatic N) is 1. The van der Waals surface area contributed by atoms with Gasteiger partial charge in [-0.1, -0.05) is 6.42 Å². The van der Waals surface area contributed by atoms with Crippen molar-refractivity contribution in [2.24, 2.45) is 5.92 Å². The van der Waals surface area contributed by atoms with Crippen LogP contribution in [-0.4, -0.2) is 29.3 Å². The van der Waals surface area contributed by atoms with Crippen molar-refractivity contribution in [3.05, 3.63) is 24.0 Å². The second-order valence-corrected chi connectivity index (χ2v) is 6.96. The van der Waals surface area contributed by atoms with Crippen molar-refractivity contribution in [1.82, 2.24) is 10.3 Å². The van der Waals surface area contributed by atoms with E-state index in [4.69, 9.17) is 4.74 Å². The smallest absolute Gasteiger partial charge is 0.407 e. The number of alkyl carbamates (subject to hydrolysis) is 1. The first-order valence-corrected chi connectivity index (χ1v) is 8.00. The molecule has 0 spiro atoms. The summed E-state index contributed by atoms with van der Waals surface area (Å²) in [5.41, 5.74) is 1.63. The maximum Gasteiger partial charge on any atom is 0.407 e. The molecule has 2 N–H and O–H groups in total. The molecule has 5 nitrogen and oxygen atoms in total. The number of hydrogen-bond donors (Lipinski definition) is 2. The molecule has 2 rings (SSSR count). The Bertz CT molecular complexity index is 511. The molecule has 0 saturated heterocycles. The topological polar surface area (TPSA) is 63.2 Å². The fourth-order valence-corrected chi connectivity index (χ4v) is 2.84. The molecule has 1 aliphatic carbocycles. The molecule has 1 aliphatic rings. The molecule has 1 amide bonds. The minimum Gasteiger partial charge on any atom is -0.444 e. The zero-order valence-corrected chi connectivity index (χ0v) is 14.0. The Balaban J connectivity index is 1.86. The lowest BCUT2D eigenvalue weighted by Gasteiger charge is -2.24. The van der Waals surface area contributed by atoms with Gasteiger partial charge in [-0.3, -0.25) is 4.98 Å². The van der Waals surface area contributed by atoms with Crippen molar-refractivity contribution >= 4 is 11.8 Å². The molecular formula is C17H27N3O2. The van der Waals surface area contributed by atoms with Crippen molar-refractivity contribution < 1.29 is 9.53 Å². The lowest BCUT2D eigenvalue weighted by molar-refractivity contribution is 0.0519. The molecule has 0 radical (unpaired) electrons. The lowest BCUT2D eigenvalue weighted by Crippen LogP contribution is -2.38. The Hall–Kier alpha value is -1.78. The van der Waals surface area contributed by atoms with Crippen molar-refractivity contribution in [2.45, 2.75) is 58.6 Å². The average Bonchev–Trinajstić information content (AvgIpc) is 2.84. The van der Waals surface area contributed by atoms with Gasteiger partial charge in [0.2, 0.25) is 0 Å². The zero-order valence-electron chi connectivity index (χ0n) is 14.0. The van der Waals surface area contributed by atoms with Crippen molar-refractivity contribution in [1.29, 1.82) is 0 Å². The number of anilines is 1. The van der Waals surface area contributed by atoms with Crippen LogP contribution < -0.4 is 10.6 Å². The fourth-order valence-electron chi connectivity index (χ4n) is 2.84. The maximum atomic E-state index is 11.8. The van der Waals surface area contributed by atoms with Crippen LogP contribution in [0.25, 0.3) is 0 Å². The molecular weight excluding hydrogens is 278 g/mol. The van der Waals surface area contributed by atoms with Gasteiger partial charge < -0.3 is 15.4 Å². The molecule has 2 unspecified atom stereocenters. The Labute approximate surface area is 132 Å². The molecule has 1 fully saturated rings. The third-order valence-corrected chi connectivity index (χ3v) is 3.91. The van der Waals surface area contributed by atoms with Gasteiger partial charge in [-0.2, -0.15) is 0 Å². The van der Waals surface area contributed by atoms with Gasteiger partial charge >= 0.3 is 6.09 Å². The second kappa shape index (κ2) is 6.99. The number of aromatic nitrogens is 1. The van der Waals surface area contributed by atoms with Crippen molar-refractivity contribution in [3.8, 4) is 0 Å². The van der Waals surface area contributed by atoms with E-state index in [0.29, 0.717) is 18.5 Å². The maximum absolute atomic E-state index is 11.8. The van der Waals surface area contributed by atoms with Crippen LogP contribution in [0.15, 0.2) is 18.3 Å². The van der Waals surface area contributed by atoms with Crippen LogP contribution in [-0.2, 0) is 4.74 Å². The molecule has 0 bridgehead atoms. The summed E-state index contributed by atoms with van der Waals surface area (Å²) in [5.74, 6) is 0.423. The highest BCUT2D eigenvalue weighted by molar-refractivity contribution is 5.67. The highest BCUT2D eigenvalue weighted by Crippen LogP contribution is 2.28. The van der Waals surface area contributed by atoms with Gasteiger partial charge in [0.05, 0.1) is 11.4 Å². The summed E-state index contributed by atoms with van der Waals surface area (Å²) >= 11 is 0.